The van der Waals surface area contributed by atoms with E-state index in [0.717, 1.165) is 58.2 Å². The van der Waals surface area contributed by atoms with Crippen molar-refractivity contribution >= 4 is 69.6 Å². The Morgan fingerprint density at radius 1 is 1.07 bits per heavy atom. The summed E-state index contributed by atoms with van der Waals surface area (Å²) in [5.41, 5.74) is 1.15. The van der Waals surface area contributed by atoms with E-state index in [2.05, 4.69) is 49.5 Å². The van der Waals surface area contributed by atoms with Crippen LogP contribution in [0.2, 0.25) is 5.02 Å². The van der Waals surface area contributed by atoms with Crippen LogP contribution in [0.1, 0.15) is 84.8 Å². The number of hydrogen-bond acceptors (Lipinski definition) is 10. The Labute approximate surface area is 327 Å². The summed E-state index contributed by atoms with van der Waals surface area (Å²) in [5.74, 6) is -0.161. The van der Waals surface area contributed by atoms with Gasteiger partial charge in [0.2, 0.25) is 17.7 Å². The van der Waals surface area contributed by atoms with Crippen molar-refractivity contribution in [3.05, 3.63) is 47.2 Å². The van der Waals surface area contributed by atoms with Gasteiger partial charge in [0, 0.05) is 49.0 Å². The normalized spacial score (nSPS) is 26.4. The van der Waals surface area contributed by atoms with Gasteiger partial charge in [-0.25, -0.2) is 4.98 Å². The van der Waals surface area contributed by atoms with Crippen LogP contribution in [0, 0.1) is 17.2 Å². The summed E-state index contributed by atoms with van der Waals surface area (Å²) >= 11 is 12.1. The minimum Gasteiger partial charge on any atom is -0.374 e. The summed E-state index contributed by atoms with van der Waals surface area (Å²) in [6.07, 6.45) is 8.59. The predicted molar refractivity (Wildman–Crippen MR) is 212 cm³/mol. The number of nitrogens with one attached hydrogen (secondary N) is 3. The van der Waals surface area contributed by atoms with Crippen molar-refractivity contribution in [1.82, 2.24) is 25.0 Å². The number of carbonyl (C=O) groups is 4. The number of carbonyl (C=O) groups excluding carboxylic acids is 4. The Kier molecular flexibility index (Phi) is 12.2. The number of benzene rings is 1. The van der Waals surface area contributed by atoms with Gasteiger partial charge in [-0.3, -0.25) is 34.3 Å². The fraction of sp³-hybridized carbons (Fsp3) is 0.564. The van der Waals surface area contributed by atoms with E-state index < -0.39 is 11.6 Å². The number of nitrogens with zero attached hydrogens (tertiary/aromatic N) is 6. The number of hydrogen-bond donors (Lipinski definition) is 3. The van der Waals surface area contributed by atoms with Gasteiger partial charge in [0.25, 0.3) is 5.91 Å². The molecule has 1 saturated carbocycles. The minimum absolute atomic E-state index is 0.0817. The number of piperazine rings is 1. The molecule has 3 saturated heterocycles. The van der Waals surface area contributed by atoms with E-state index in [-0.39, 0.29) is 52.5 Å². The third-order valence-corrected chi connectivity index (χ3v) is 12.1. The molecule has 4 fully saturated rings. The van der Waals surface area contributed by atoms with Crippen molar-refractivity contribution in [2.75, 3.05) is 41.7 Å². The van der Waals surface area contributed by atoms with Crippen LogP contribution >= 0.6 is 23.8 Å². The minimum atomic E-state index is -0.799. The van der Waals surface area contributed by atoms with Crippen LogP contribution in [0.25, 0.3) is 0 Å². The number of imide groups is 1. The van der Waals surface area contributed by atoms with E-state index in [1.165, 1.54) is 11.1 Å². The van der Waals surface area contributed by atoms with Crippen molar-refractivity contribution in [3.63, 3.8) is 0 Å². The number of amides is 4. The molecule has 6 rings (SSSR count). The van der Waals surface area contributed by atoms with Crippen molar-refractivity contribution in [2.45, 2.75) is 109 Å². The SMILES string of the molecule is C[C@@H]1CN(CCCC2CCC(N3C(=S)N(c4cnc(C#N)c(Cl)c4)C(=O)C3(C)C)CC2)C[C@H](C)N1CC(=O)Nc1cccc(NC2CCC(=O)NC2=O)c1. The van der Waals surface area contributed by atoms with Gasteiger partial charge in [0.1, 0.15) is 17.6 Å². The number of nitriles is 1. The molecule has 1 unspecified atom stereocenters. The van der Waals surface area contributed by atoms with Crippen LogP contribution in [-0.4, -0.2) is 104 Å². The van der Waals surface area contributed by atoms with E-state index in [1.54, 1.807) is 6.07 Å². The third kappa shape index (κ3) is 8.70. The van der Waals surface area contributed by atoms with E-state index in [0.29, 0.717) is 47.5 Å². The van der Waals surface area contributed by atoms with Crippen molar-refractivity contribution in [3.8, 4) is 6.07 Å². The molecule has 1 aromatic carbocycles. The second-order valence-corrected chi connectivity index (χ2v) is 16.5. The average molecular weight is 776 g/mol. The highest BCUT2D eigenvalue weighted by Crippen LogP contribution is 2.40. The van der Waals surface area contributed by atoms with Crippen LogP contribution in [0.5, 0.6) is 0 Å². The fourth-order valence-corrected chi connectivity index (χ4v) is 9.39. The second kappa shape index (κ2) is 16.7. The molecule has 288 valence electrons. The molecule has 54 heavy (non-hydrogen) atoms. The van der Waals surface area contributed by atoms with Crippen LogP contribution in [0.3, 0.4) is 0 Å². The highest BCUT2D eigenvalue weighted by Gasteiger charge is 2.52. The monoisotopic (exact) mass is 775 g/mol. The molecule has 4 heterocycles. The van der Waals surface area contributed by atoms with Crippen molar-refractivity contribution in [2.24, 2.45) is 5.92 Å². The number of aromatic nitrogens is 1. The lowest BCUT2D eigenvalue weighted by molar-refractivity contribution is -0.133. The summed E-state index contributed by atoms with van der Waals surface area (Å²) in [6.45, 7) is 11.3. The van der Waals surface area contributed by atoms with Crippen molar-refractivity contribution < 1.29 is 19.2 Å². The molecule has 3 N–H and O–H groups in total. The zero-order chi connectivity index (χ0) is 38.7. The van der Waals surface area contributed by atoms with Crippen LogP contribution in [0.15, 0.2) is 36.5 Å². The van der Waals surface area contributed by atoms with E-state index in [4.69, 9.17) is 23.8 Å². The Hall–Kier alpha value is -4.16. The van der Waals surface area contributed by atoms with Crippen LogP contribution in [0.4, 0.5) is 17.1 Å². The molecular weight excluding hydrogens is 726 g/mol. The molecule has 2 aromatic rings. The van der Waals surface area contributed by atoms with Crippen LogP contribution < -0.4 is 20.9 Å². The predicted octanol–water partition coefficient (Wildman–Crippen LogP) is 4.91. The maximum Gasteiger partial charge on any atom is 0.258 e. The molecule has 13 nitrogen and oxygen atoms in total. The molecule has 0 bridgehead atoms. The number of piperidine rings is 1. The first-order valence-corrected chi connectivity index (χ1v) is 19.8. The lowest BCUT2D eigenvalue weighted by atomic mass is 9.82. The fourth-order valence-electron chi connectivity index (χ4n) is 8.62. The standard InChI is InChI=1S/C39H50ClN9O4S/c1-24-21-46(22-25(2)47(24)23-35(51)44-28-9-5-8-27(17-28)43-32-14-15-34(50)45-36(32)52)16-6-7-26-10-12-29(13-11-26)49-38(54)48(37(53)39(49,3)4)30-18-31(40)33(19-41)42-20-30/h5,8-9,17-18,20,24-26,29,32,43H,6-7,10-16,21-23H2,1-4H3,(H,44,51)(H,45,50,52)/t24-,25+,26?,29?,32?. The van der Waals surface area contributed by atoms with Gasteiger partial charge in [-0.2, -0.15) is 5.26 Å². The number of anilines is 3. The molecule has 4 aliphatic rings. The van der Waals surface area contributed by atoms with Gasteiger partial charge >= 0.3 is 0 Å². The molecule has 3 aliphatic heterocycles. The largest absolute Gasteiger partial charge is 0.374 e. The Morgan fingerprint density at radius 2 is 1.78 bits per heavy atom. The van der Waals surface area contributed by atoms with Crippen LogP contribution in [-0.2, 0) is 19.2 Å². The molecule has 4 amide bonds. The maximum absolute atomic E-state index is 13.6. The van der Waals surface area contributed by atoms with Gasteiger partial charge in [-0.05, 0) is 122 Å². The topological polar surface area (TPSA) is 154 Å². The van der Waals surface area contributed by atoms with E-state index >= 15 is 0 Å². The maximum atomic E-state index is 13.6. The summed E-state index contributed by atoms with van der Waals surface area (Å²) in [6, 6.07) is 11.0. The Bertz CT molecular complexity index is 1810. The third-order valence-electron chi connectivity index (χ3n) is 11.4. The summed E-state index contributed by atoms with van der Waals surface area (Å²) in [5, 5.41) is 18.4. The highest BCUT2D eigenvalue weighted by atomic mass is 35.5. The number of halogens is 1. The van der Waals surface area contributed by atoms with Gasteiger partial charge in [-0.1, -0.05) is 17.7 Å². The van der Waals surface area contributed by atoms with E-state index in [9.17, 15) is 24.4 Å². The first-order chi connectivity index (χ1) is 25.7. The smallest absolute Gasteiger partial charge is 0.258 e. The molecule has 15 heteroatoms. The van der Waals surface area contributed by atoms with E-state index in [1.807, 2.05) is 44.2 Å². The molecule has 0 radical (unpaired) electrons. The molecular formula is C39H50ClN9O4S. The number of pyridine rings is 1. The molecule has 1 aliphatic carbocycles. The summed E-state index contributed by atoms with van der Waals surface area (Å²) < 4.78 is 0. The number of rotatable bonds is 11. The van der Waals surface area contributed by atoms with Crippen molar-refractivity contribution in [1.29, 1.82) is 5.26 Å². The second-order valence-electron chi connectivity index (χ2n) is 15.7. The van der Waals surface area contributed by atoms with Gasteiger partial charge in [0.15, 0.2) is 10.8 Å². The average Bonchev–Trinajstić information content (AvgIpc) is 3.30. The van der Waals surface area contributed by atoms with Gasteiger partial charge in [0.05, 0.1) is 23.5 Å². The summed E-state index contributed by atoms with van der Waals surface area (Å²) in [4.78, 5) is 62.9. The lowest BCUT2D eigenvalue weighted by Gasteiger charge is -2.44. The molecule has 3 atom stereocenters. The zero-order valence-electron chi connectivity index (χ0n) is 31.4. The first-order valence-electron chi connectivity index (χ1n) is 19.0. The van der Waals surface area contributed by atoms with Gasteiger partial charge in [-0.15, -0.1) is 0 Å². The number of thiocarbonyl (C=S) groups is 1. The molecule has 1 aromatic heterocycles. The lowest BCUT2D eigenvalue weighted by Crippen LogP contribution is -2.58. The Balaban J connectivity index is 0.927. The summed E-state index contributed by atoms with van der Waals surface area (Å²) in [7, 11) is 0. The van der Waals surface area contributed by atoms with Gasteiger partial charge < -0.3 is 20.4 Å². The molecule has 0 spiro atoms. The zero-order valence-corrected chi connectivity index (χ0v) is 33.0. The first kappa shape index (κ1) is 39.5. The quantitative estimate of drug-likeness (QED) is 0.211. The highest BCUT2D eigenvalue weighted by molar-refractivity contribution is 7.80. The Morgan fingerprint density at radius 3 is 2.44 bits per heavy atom.